The summed E-state index contributed by atoms with van der Waals surface area (Å²) in [4.78, 5) is 25.0. The van der Waals surface area contributed by atoms with E-state index in [1.54, 1.807) is 0 Å². The lowest BCUT2D eigenvalue weighted by molar-refractivity contribution is -0.163. The molecule has 0 aromatic heterocycles. The molecule has 0 radical (unpaired) electrons. The molecular weight excluding hydrogens is 596 g/mol. The van der Waals surface area contributed by atoms with Gasteiger partial charge in [0.2, 0.25) is 0 Å². The van der Waals surface area contributed by atoms with Crippen molar-refractivity contribution in [2.75, 3.05) is 19.8 Å². The van der Waals surface area contributed by atoms with Gasteiger partial charge in [-0.3, -0.25) is 9.59 Å². The van der Waals surface area contributed by atoms with Crippen LogP contribution in [0.4, 0.5) is 0 Å². The Morgan fingerprint density at radius 2 is 0.812 bits per heavy atom. The summed E-state index contributed by atoms with van der Waals surface area (Å²) in [5.74, 6) is -0.395. The van der Waals surface area contributed by atoms with Crippen LogP contribution in [0.25, 0.3) is 0 Å². The Morgan fingerprint density at radius 1 is 0.438 bits per heavy atom. The molecule has 5 heteroatoms. The average Bonchev–Trinajstić information content (AvgIpc) is 3.08. The summed E-state index contributed by atoms with van der Waals surface area (Å²) in [5, 5.41) is 0. The van der Waals surface area contributed by atoms with Crippen LogP contribution in [0.3, 0.4) is 0 Å². The van der Waals surface area contributed by atoms with E-state index in [1.807, 2.05) is 0 Å². The molecule has 0 saturated carbocycles. The first-order valence-electron chi connectivity index (χ1n) is 21.2. The molecule has 0 spiro atoms. The zero-order chi connectivity index (χ0) is 35.0. The first-order chi connectivity index (χ1) is 23.6. The smallest absolute Gasteiger partial charge is 0.306 e. The largest absolute Gasteiger partial charge is 0.462 e. The zero-order valence-electron chi connectivity index (χ0n) is 32.5. The Labute approximate surface area is 299 Å². The highest BCUT2D eigenvalue weighted by molar-refractivity contribution is 5.70. The summed E-state index contributed by atoms with van der Waals surface area (Å²) in [6.45, 7) is 7.79. The van der Waals surface area contributed by atoms with Gasteiger partial charge >= 0.3 is 11.9 Å². The normalized spacial score (nSPS) is 12.1. The second-order valence-corrected chi connectivity index (χ2v) is 14.3. The van der Waals surface area contributed by atoms with Gasteiger partial charge in [0.25, 0.3) is 0 Å². The van der Waals surface area contributed by atoms with Gasteiger partial charge in [-0.25, -0.2) is 0 Å². The first kappa shape index (κ1) is 46.6. The van der Waals surface area contributed by atoms with Gasteiger partial charge in [-0.05, 0) is 44.9 Å². The van der Waals surface area contributed by atoms with Gasteiger partial charge < -0.3 is 14.2 Å². The highest BCUT2D eigenvalue weighted by Crippen LogP contribution is 2.14. The van der Waals surface area contributed by atoms with E-state index in [4.69, 9.17) is 14.2 Å². The van der Waals surface area contributed by atoms with Crippen molar-refractivity contribution < 1.29 is 23.8 Å². The quantitative estimate of drug-likeness (QED) is 0.0368. The molecule has 0 rings (SSSR count). The third kappa shape index (κ3) is 37.5. The zero-order valence-corrected chi connectivity index (χ0v) is 32.5. The lowest BCUT2D eigenvalue weighted by Gasteiger charge is -2.18. The van der Waals surface area contributed by atoms with E-state index in [0.29, 0.717) is 26.1 Å². The molecule has 0 aromatic rings. The van der Waals surface area contributed by atoms with E-state index in [-0.39, 0.29) is 18.5 Å². The van der Waals surface area contributed by atoms with Crippen molar-refractivity contribution in [2.24, 2.45) is 0 Å². The summed E-state index contributed by atoms with van der Waals surface area (Å²) < 4.78 is 17.2. The Kier molecular flexibility index (Phi) is 38.9. The maximum absolute atomic E-state index is 12.6. The average molecular weight is 679 g/mol. The van der Waals surface area contributed by atoms with Crippen molar-refractivity contribution in [1.29, 1.82) is 0 Å². The number of hydrogen-bond donors (Lipinski definition) is 0. The van der Waals surface area contributed by atoms with Crippen molar-refractivity contribution in [3.8, 4) is 0 Å². The summed E-state index contributed by atoms with van der Waals surface area (Å²) in [7, 11) is 0. The highest BCUT2D eigenvalue weighted by Gasteiger charge is 2.17. The van der Waals surface area contributed by atoms with Gasteiger partial charge in [0.15, 0.2) is 6.10 Å². The third-order valence-electron chi connectivity index (χ3n) is 9.30. The molecule has 0 heterocycles. The fourth-order valence-corrected chi connectivity index (χ4v) is 6.09. The van der Waals surface area contributed by atoms with Crippen molar-refractivity contribution >= 4 is 11.9 Å². The van der Waals surface area contributed by atoms with Crippen molar-refractivity contribution in [2.45, 2.75) is 232 Å². The van der Waals surface area contributed by atoms with Crippen LogP contribution in [0.2, 0.25) is 0 Å². The Hall–Kier alpha value is -1.36. The molecule has 0 N–H and O–H groups in total. The van der Waals surface area contributed by atoms with Crippen LogP contribution >= 0.6 is 0 Å². The minimum absolute atomic E-state index is 0.0902. The van der Waals surface area contributed by atoms with Crippen LogP contribution < -0.4 is 0 Å². The number of unbranched alkanes of at least 4 members (excludes halogenated alkanes) is 26. The van der Waals surface area contributed by atoms with Gasteiger partial charge in [-0.2, -0.15) is 0 Å². The van der Waals surface area contributed by atoms with Gasteiger partial charge in [-0.1, -0.05) is 181 Å². The van der Waals surface area contributed by atoms with E-state index < -0.39 is 6.10 Å². The van der Waals surface area contributed by atoms with Crippen molar-refractivity contribution in [3.63, 3.8) is 0 Å². The Morgan fingerprint density at radius 3 is 1.29 bits per heavy atom. The number of carbonyl (C=O) groups excluding carboxylic acids is 2. The Bertz CT molecular complexity index is 691. The molecule has 1 atom stereocenters. The molecule has 5 nitrogen and oxygen atoms in total. The minimum Gasteiger partial charge on any atom is -0.462 e. The van der Waals surface area contributed by atoms with Gasteiger partial charge in [0, 0.05) is 19.4 Å². The second kappa shape index (κ2) is 40.1. The van der Waals surface area contributed by atoms with Gasteiger partial charge in [0.1, 0.15) is 6.61 Å². The molecule has 0 aromatic carbocycles. The predicted octanol–water partition coefficient (Wildman–Crippen LogP) is 13.6. The van der Waals surface area contributed by atoms with Crippen molar-refractivity contribution in [1.82, 2.24) is 0 Å². The molecule has 48 heavy (non-hydrogen) atoms. The monoisotopic (exact) mass is 679 g/mol. The SMILES string of the molecule is CCCCCC/C=C\CCCCCCCCOCC(COC(=O)CCCCCCCCCCC)OC(=O)CCCCCCCCCCC. The topological polar surface area (TPSA) is 61.8 Å². The lowest BCUT2D eigenvalue weighted by atomic mass is 10.1. The van der Waals surface area contributed by atoms with E-state index >= 15 is 0 Å². The molecule has 0 aliphatic carbocycles. The fraction of sp³-hybridized carbons (Fsp3) is 0.907. The standard InChI is InChI=1S/C43H82O5/c1-4-7-10-13-16-19-20-21-22-23-26-29-32-35-38-46-39-41(48-43(45)37-34-31-28-25-18-15-12-9-6-3)40-47-42(44)36-33-30-27-24-17-14-11-8-5-2/h19-20,41H,4-18,21-40H2,1-3H3/b20-19-. The van der Waals surface area contributed by atoms with Crippen LogP contribution in [-0.2, 0) is 23.8 Å². The van der Waals surface area contributed by atoms with E-state index in [0.717, 1.165) is 38.5 Å². The predicted molar refractivity (Wildman–Crippen MR) is 206 cm³/mol. The summed E-state index contributed by atoms with van der Waals surface area (Å²) >= 11 is 0. The van der Waals surface area contributed by atoms with Crippen LogP contribution in [0.15, 0.2) is 12.2 Å². The first-order valence-corrected chi connectivity index (χ1v) is 21.2. The number of allylic oxidation sites excluding steroid dienone is 2. The lowest BCUT2D eigenvalue weighted by Crippen LogP contribution is -2.30. The molecule has 0 aliphatic heterocycles. The minimum atomic E-state index is -0.525. The second-order valence-electron chi connectivity index (χ2n) is 14.3. The van der Waals surface area contributed by atoms with Gasteiger partial charge in [0.05, 0.1) is 6.61 Å². The maximum atomic E-state index is 12.6. The van der Waals surface area contributed by atoms with E-state index in [1.165, 1.54) is 154 Å². The van der Waals surface area contributed by atoms with Crippen LogP contribution in [0, 0.1) is 0 Å². The van der Waals surface area contributed by atoms with E-state index in [9.17, 15) is 9.59 Å². The number of ether oxygens (including phenoxy) is 3. The van der Waals surface area contributed by atoms with Crippen LogP contribution in [0.1, 0.15) is 226 Å². The Balaban J connectivity index is 4.19. The van der Waals surface area contributed by atoms with Crippen LogP contribution in [0.5, 0.6) is 0 Å². The molecule has 0 fully saturated rings. The molecule has 0 aliphatic rings. The molecule has 0 saturated heterocycles. The number of carbonyl (C=O) groups is 2. The van der Waals surface area contributed by atoms with E-state index in [2.05, 4.69) is 32.9 Å². The van der Waals surface area contributed by atoms with Crippen molar-refractivity contribution in [3.05, 3.63) is 12.2 Å². The molecule has 0 amide bonds. The molecular formula is C43H82O5. The summed E-state index contributed by atoms with van der Waals surface area (Å²) in [6.07, 6.45) is 42.0. The molecule has 0 bridgehead atoms. The number of rotatable bonds is 39. The third-order valence-corrected chi connectivity index (χ3v) is 9.30. The van der Waals surface area contributed by atoms with Crippen LogP contribution in [-0.4, -0.2) is 37.9 Å². The number of esters is 2. The fourth-order valence-electron chi connectivity index (χ4n) is 6.09. The maximum Gasteiger partial charge on any atom is 0.306 e. The molecule has 284 valence electrons. The summed E-state index contributed by atoms with van der Waals surface area (Å²) in [5.41, 5.74) is 0. The molecule has 1 unspecified atom stereocenters. The van der Waals surface area contributed by atoms with Gasteiger partial charge in [-0.15, -0.1) is 0 Å². The number of hydrogen-bond acceptors (Lipinski definition) is 5. The summed E-state index contributed by atoms with van der Waals surface area (Å²) in [6, 6.07) is 0. The highest BCUT2D eigenvalue weighted by atomic mass is 16.6.